The average Bonchev–Trinajstić information content (AvgIpc) is 2.94. The number of carbonyl (C=O) groups excluding carboxylic acids is 1. The van der Waals surface area contributed by atoms with Crippen LogP contribution in [0.3, 0.4) is 0 Å². The summed E-state index contributed by atoms with van der Waals surface area (Å²) in [7, 11) is 0. The Morgan fingerprint density at radius 1 is 1.38 bits per heavy atom. The van der Waals surface area contributed by atoms with Crippen LogP contribution in [0.2, 0.25) is 5.02 Å². The Hall–Kier alpha value is -1.98. The summed E-state index contributed by atoms with van der Waals surface area (Å²) in [6.07, 6.45) is 3.78. The Labute approximate surface area is 130 Å². The SMILES string of the molecule is CCc1ccc(C(=O)/C=C/c2cc([N+](=O)[O-])ccc2Cl)s1. The van der Waals surface area contributed by atoms with Crippen molar-refractivity contribution in [3.8, 4) is 0 Å². The molecule has 2 aromatic rings. The standard InChI is InChI=1S/C15H12ClNO3S/c1-2-12-5-8-15(21-12)14(18)7-3-10-9-11(17(19)20)4-6-13(10)16/h3-9H,2H2,1H3/b7-3+. The van der Waals surface area contributed by atoms with E-state index >= 15 is 0 Å². The van der Waals surface area contributed by atoms with Crippen molar-refractivity contribution in [1.82, 2.24) is 0 Å². The molecule has 0 unspecified atom stereocenters. The minimum Gasteiger partial charge on any atom is -0.288 e. The van der Waals surface area contributed by atoms with E-state index in [0.717, 1.165) is 11.3 Å². The Kier molecular flexibility index (Phi) is 4.88. The van der Waals surface area contributed by atoms with Gasteiger partial charge in [-0.3, -0.25) is 14.9 Å². The zero-order chi connectivity index (χ0) is 15.4. The molecule has 1 aromatic carbocycles. The van der Waals surface area contributed by atoms with E-state index in [1.807, 2.05) is 13.0 Å². The molecule has 0 spiro atoms. The number of ketones is 1. The molecule has 0 fully saturated rings. The minimum absolute atomic E-state index is 0.0594. The van der Waals surface area contributed by atoms with Gasteiger partial charge >= 0.3 is 0 Å². The molecule has 1 aromatic heterocycles. The second-order valence-corrected chi connectivity index (χ2v) is 5.86. The molecule has 0 bridgehead atoms. The lowest BCUT2D eigenvalue weighted by atomic mass is 10.1. The van der Waals surface area contributed by atoms with E-state index in [4.69, 9.17) is 11.6 Å². The first-order chi connectivity index (χ1) is 10.0. The highest BCUT2D eigenvalue weighted by molar-refractivity contribution is 7.14. The highest BCUT2D eigenvalue weighted by Crippen LogP contribution is 2.24. The lowest BCUT2D eigenvalue weighted by Gasteiger charge is -1.98. The summed E-state index contributed by atoms with van der Waals surface area (Å²) in [6.45, 7) is 2.03. The predicted molar refractivity (Wildman–Crippen MR) is 85.2 cm³/mol. The number of hydrogen-bond donors (Lipinski definition) is 0. The highest BCUT2D eigenvalue weighted by atomic mass is 35.5. The first kappa shape index (κ1) is 15.4. The molecule has 108 valence electrons. The van der Waals surface area contributed by atoms with Crippen molar-refractivity contribution in [1.29, 1.82) is 0 Å². The van der Waals surface area contributed by atoms with E-state index in [9.17, 15) is 14.9 Å². The van der Waals surface area contributed by atoms with Gasteiger partial charge in [0.15, 0.2) is 5.78 Å². The molecule has 0 aliphatic heterocycles. The number of thiophene rings is 1. The van der Waals surface area contributed by atoms with E-state index < -0.39 is 4.92 Å². The van der Waals surface area contributed by atoms with Crippen LogP contribution in [0.25, 0.3) is 6.08 Å². The zero-order valence-corrected chi connectivity index (χ0v) is 12.8. The van der Waals surface area contributed by atoms with Gasteiger partial charge in [0, 0.05) is 22.0 Å². The number of nitro groups is 1. The molecular formula is C15H12ClNO3S. The maximum atomic E-state index is 12.0. The van der Waals surface area contributed by atoms with Crippen molar-refractivity contribution < 1.29 is 9.72 Å². The van der Waals surface area contributed by atoms with Crippen LogP contribution in [0.4, 0.5) is 5.69 Å². The first-order valence-electron chi connectivity index (χ1n) is 6.26. The van der Waals surface area contributed by atoms with Gasteiger partial charge in [-0.1, -0.05) is 18.5 Å². The van der Waals surface area contributed by atoms with Gasteiger partial charge in [-0.15, -0.1) is 11.3 Å². The fraction of sp³-hybridized carbons (Fsp3) is 0.133. The first-order valence-corrected chi connectivity index (χ1v) is 7.45. The fourth-order valence-corrected chi connectivity index (χ4v) is 2.77. The molecule has 0 aliphatic carbocycles. The van der Waals surface area contributed by atoms with E-state index in [0.29, 0.717) is 15.5 Å². The Bertz CT molecular complexity index is 721. The van der Waals surface area contributed by atoms with Gasteiger partial charge in [-0.25, -0.2) is 0 Å². The predicted octanol–water partition coefficient (Wildman–Crippen LogP) is 4.77. The minimum atomic E-state index is -0.498. The zero-order valence-electron chi connectivity index (χ0n) is 11.2. The molecule has 0 saturated carbocycles. The lowest BCUT2D eigenvalue weighted by molar-refractivity contribution is -0.384. The normalized spacial score (nSPS) is 11.0. The lowest BCUT2D eigenvalue weighted by Crippen LogP contribution is -1.91. The Balaban J connectivity index is 2.22. The molecule has 0 atom stereocenters. The van der Waals surface area contributed by atoms with Gasteiger partial charge in [-0.05, 0) is 42.3 Å². The third kappa shape index (κ3) is 3.77. The third-order valence-electron chi connectivity index (χ3n) is 2.86. The molecule has 21 heavy (non-hydrogen) atoms. The van der Waals surface area contributed by atoms with E-state index in [1.54, 1.807) is 6.07 Å². The molecule has 6 heteroatoms. The number of nitrogens with zero attached hydrogens (tertiary/aromatic N) is 1. The van der Waals surface area contributed by atoms with Crippen molar-refractivity contribution in [2.75, 3.05) is 0 Å². The summed E-state index contributed by atoms with van der Waals surface area (Å²) in [5.74, 6) is -0.137. The van der Waals surface area contributed by atoms with Gasteiger partial charge in [0.25, 0.3) is 5.69 Å². The molecule has 2 rings (SSSR count). The maximum Gasteiger partial charge on any atom is 0.270 e. The smallest absolute Gasteiger partial charge is 0.270 e. The number of benzene rings is 1. The van der Waals surface area contributed by atoms with Gasteiger partial charge in [-0.2, -0.15) is 0 Å². The Morgan fingerprint density at radius 2 is 2.14 bits per heavy atom. The number of halogens is 1. The number of carbonyl (C=O) groups is 1. The van der Waals surface area contributed by atoms with Crippen molar-refractivity contribution in [3.63, 3.8) is 0 Å². The number of allylic oxidation sites excluding steroid dienone is 1. The van der Waals surface area contributed by atoms with Crippen molar-refractivity contribution >= 4 is 40.5 Å². The molecule has 0 aliphatic rings. The van der Waals surface area contributed by atoms with Crippen LogP contribution in [0, 0.1) is 10.1 Å². The number of non-ortho nitro benzene ring substituents is 1. The summed E-state index contributed by atoms with van der Waals surface area (Å²) in [4.78, 5) is 24.0. The molecule has 0 saturated heterocycles. The van der Waals surface area contributed by atoms with Gasteiger partial charge < -0.3 is 0 Å². The summed E-state index contributed by atoms with van der Waals surface area (Å²) >= 11 is 7.42. The van der Waals surface area contributed by atoms with E-state index in [1.165, 1.54) is 41.7 Å². The molecule has 0 radical (unpaired) electrons. The molecule has 0 amide bonds. The highest BCUT2D eigenvalue weighted by Gasteiger charge is 2.09. The maximum absolute atomic E-state index is 12.0. The van der Waals surface area contributed by atoms with Crippen LogP contribution in [-0.4, -0.2) is 10.7 Å². The van der Waals surface area contributed by atoms with Crippen LogP contribution in [0.15, 0.2) is 36.4 Å². The number of nitro benzene ring substituents is 1. The third-order valence-corrected chi connectivity index (χ3v) is 4.45. The van der Waals surface area contributed by atoms with Crippen LogP contribution in [0.1, 0.15) is 27.0 Å². The van der Waals surface area contributed by atoms with Crippen molar-refractivity contribution in [3.05, 3.63) is 66.9 Å². The monoisotopic (exact) mass is 321 g/mol. The van der Waals surface area contributed by atoms with Crippen LogP contribution < -0.4 is 0 Å². The number of rotatable bonds is 5. The van der Waals surface area contributed by atoms with Crippen molar-refractivity contribution in [2.45, 2.75) is 13.3 Å². The fourth-order valence-electron chi connectivity index (χ4n) is 1.72. The second kappa shape index (κ2) is 6.65. The van der Waals surface area contributed by atoms with Gasteiger partial charge in [0.1, 0.15) is 0 Å². The molecular weight excluding hydrogens is 310 g/mol. The van der Waals surface area contributed by atoms with Crippen LogP contribution >= 0.6 is 22.9 Å². The van der Waals surface area contributed by atoms with E-state index in [2.05, 4.69) is 0 Å². The number of hydrogen-bond acceptors (Lipinski definition) is 4. The van der Waals surface area contributed by atoms with Gasteiger partial charge in [0.2, 0.25) is 0 Å². The summed E-state index contributed by atoms with van der Waals surface area (Å²) in [5, 5.41) is 11.1. The molecule has 4 nitrogen and oxygen atoms in total. The average molecular weight is 322 g/mol. The van der Waals surface area contributed by atoms with Gasteiger partial charge in [0.05, 0.1) is 9.80 Å². The van der Waals surface area contributed by atoms with E-state index in [-0.39, 0.29) is 11.5 Å². The second-order valence-electron chi connectivity index (χ2n) is 4.28. The molecule has 1 heterocycles. The van der Waals surface area contributed by atoms with Crippen molar-refractivity contribution in [2.24, 2.45) is 0 Å². The summed E-state index contributed by atoms with van der Waals surface area (Å²) < 4.78 is 0. The molecule has 0 N–H and O–H groups in total. The Morgan fingerprint density at radius 3 is 2.76 bits per heavy atom. The summed E-state index contributed by atoms with van der Waals surface area (Å²) in [5.41, 5.74) is 0.391. The quantitative estimate of drug-likeness (QED) is 0.345. The largest absolute Gasteiger partial charge is 0.288 e. The van der Waals surface area contributed by atoms with Crippen LogP contribution in [0.5, 0.6) is 0 Å². The van der Waals surface area contributed by atoms with Crippen LogP contribution in [-0.2, 0) is 6.42 Å². The topological polar surface area (TPSA) is 60.2 Å². The number of aryl methyl sites for hydroxylation is 1. The summed E-state index contributed by atoms with van der Waals surface area (Å²) in [6, 6.07) is 7.83.